The van der Waals surface area contributed by atoms with Crippen molar-refractivity contribution in [1.82, 2.24) is 0 Å². The van der Waals surface area contributed by atoms with Crippen molar-refractivity contribution in [2.75, 3.05) is 0 Å². The number of hydrogen-bond acceptors (Lipinski definition) is 3. The van der Waals surface area contributed by atoms with E-state index in [9.17, 15) is 4.79 Å². The third kappa shape index (κ3) is 1.75. The van der Waals surface area contributed by atoms with Crippen LogP contribution in [-0.2, 0) is 0 Å². The van der Waals surface area contributed by atoms with Gasteiger partial charge in [-0.15, -0.1) is 0 Å². The summed E-state index contributed by atoms with van der Waals surface area (Å²) in [6.45, 7) is 5.62. The van der Waals surface area contributed by atoms with E-state index < -0.39 is 0 Å². The molecule has 78 valence electrons. The van der Waals surface area contributed by atoms with Gasteiger partial charge in [-0.3, -0.25) is 4.79 Å². The maximum absolute atomic E-state index is 12.1. The summed E-state index contributed by atoms with van der Waals surface area (Å²) in [4.78, 5) is 12.1. The second kappa shape index (κ2) is 3.66. The number of hydrogen-bond donors (Lipinski definition) is 0. The van der Waals surface area contributed by atoms with Crippen LogP contribution in [0.2, 0.25) is 0 Å². The number of furan rings is 1. The Hall–Kier alpha value is -1.35. The topological polar surface area (TPSA) is 30.2 Å². The van der Waals surface area contributed by atoms with Crippen molar-refractivity contribution in [2.45, 2.75) is 20.8 Å². The minimum Gasteiger partial charge on any atom is -0.466 e. The zero-order valence-electron chi connectivity index (χ0n) is 8.96. The molecule has 0 aliphatic carbocycles. The van der Waals surface area contributed by atoms with Crippen LogP contribution in [0.15, 0.2) is 21.2 Å². The molecule has 0 aromatic carbocycles. The van der Waals surface area contributed by atoms with Crippen molar-refractivity contribution in [3.63, 3.8) is 0 Å². The molecule has 0 saturated carbocycles. The SMILES string of the molecule is Cc1cc(C(=O)c2cscc2C)c(C)o1. The summed E-state index contributed by atoms with van der Waals surface area (Å²) >= 11 is 1.55. The molecular formula is C12H12O2S. The van der Waals surface area contributed by atoms with Crippen LogP contribution in [0.3, 0.4) is 0 Å². The minimum atomic E-state index is 0.0584. The van der Waals surface area contributed by atoms with Gasteiger partial charge in [-0.05, 0) is 37.8 Å². The molecule has 2 aromatic rings. The van der Waals surface area contributed by atoms with Crippen LogP contribution in [0.1, 0.15) is 33.0 Å². The summed E-state index contributed by atoms with van der Waals surface area (Å²) in [5, 5.41) is 3.87. The fourth-order valence-electron chi connectivity index (χ4n) is 1.59. The van der Waals surface area contributed by atoms with Crippen LogP contribution in [0.5, 0.6) is 0 Å². The lowest BCUT2D eigenvalue weighted by Crippen LogP contribution is -2.01. The molecule has 0 aliphatic heterocycles. The maximum atomic E-state index is 12.1. The van der Waals surface area contributed by atoms with Crippen molar-refractivity contribution in [3.05, 3.63) is 45.0 Å². The predicted molar refractivity (Wildman–Crippen MR) is 60.7 cm³/mol. The van der Waals surface area contributed by atoms with Crippen LogP contribution in [0, 0.1) is 20.8 Å². The van der Waals surface area contributed by atoms with Gasteiger partial charge in [0.25, 0.3) is 0 Å². The zero-order valence-corrected chi connectivity index (χ0v) is 9.77. The van der Waals surface area contributed by atoms with Crippen molar-refractivity contribution in [2.24, 2.45) is 0 Å². The summed E-state index contributed by atoms with van der Waals surface area (Å²) in [5.41, 5.74) is 2.49. The van der Waals surface area contributed by atoms with E-state index in [1.807, 2.05) is 31.5 Å². The van der Waals surface area contributed by atoms with E-state index in [-0.39, 0.29) is 5.78 Å². The fraction of sp³-hybridized carbons (Fsp3) is 0.250. The molecule has 0 radical (unpaired) electrons. The Morgan fingerprint density at radius 3 is 2.40 bits per heavy atom. The highest BCUT2D eigenvalue weighted by atomic mass is 32.1. The molecule has 0 fully saturated rings. The largest absolute Gasteiger partial charge is 0.466 e. The Morgan fingerprint density at radius 2 is 1.93 bits per heavy atom. The number of aryl methyl sites for hydroxylation is 3. The van der Waals surface area contributed by atoms with Gasteiger partial charge >= 0.3 is 0 Å². The van der Waals surface area contributed by atoms with E-state index in [1.165, 1.54) is 0 Å². The molecule has 2 rings (SSSR count). The zero-order chi connectivity index (χ0) is 11.0. The number of thiophene rings is 1. The Kier molecular flexibility index (Phi) is 2.49. The van der Waals surface area contributed by atoms with E-state index in [0.717, 1.165) is 16.9 Å². The normalized spacial score (nSPS) is 10.6. The summed E-state index contributed by atoms with van der Waals surface area (Å²) in [7, 11) is 0. The molecule has 2 nitrogen and oxygen atoms in total. The summed E-state index contributed by atoms with van der Waals surface area (Å²) < 4.78 is 5.36. The quantitative estimate of drug-likeness (QED) is 0.725. The molecule has 15 heavy (non-hydrogen) atoms. The molecule has 0 N–H and O–H groups in total. The van der Waals surface area contributed by atoms with Crippen LogP contribution in [0.25, 0.3) is 0 Å². The maximum Gasteiger partial charge on any atom is 0.197 e. The van der Waals surface area contributed by atoms with Gasteiger partial charge in [-0.1, -0.05) is 0 Å². The number of carbonyl (C=O) groups excluding carboxylic acids is 1. The van der Waals surface area contributed by atoms with Crippen molar-refractivity contribution < 1.29 is 9.21 Å². The number of carbonyl (C=O) groups is 1. The van der Waals surface area contributed by atoms with Crippen LogP contribution in [-0.4, -0.2) is 5.78 Å². The second-order valence-corrected chi connectivity index (χ2v) is 4.37. The molecule has 2 aromatic heterocycles. The number of rotatable bonds is 2. The van der Waals surface area contributed by atoms with E-state index >= 15 is 0 Å². The first-order valence-electron chi connectivity index (χ1n) is 4.74. The van der Waals surface area contributed by atoms with Crippen molar-refractivity contribution in [1.29, 1.82) is 0 Å². The smallest absolute Gasteiger partial charge is 0.197 e. The average molecular weight is 220 g/mol. The first kappa shape index (κ1) is 10.2. The average Bonchev–Trinajstić information content (AvgIpc) is 2.71. The lowest BCUT2D eigenvalue weighted by atomic mass is 10.0. The summed E-state index contributed by atoms with van der Waals surface area (Å²) in [6.07, 6.45) is 0. The molecule has 0 aliphatic rings. The van der Waals surface area contributed by atoms with E-state index in [0.29, 0.717) is 11.3 Å². The standard InChI is InChI=1S/C12H12O2S/c1-7-5-15-6-11(7)12(13)10-4-8(2)14-9(10)3/h4-6H,1-3H3. The van der Waals surface area contributed by atoms with Gasteiger partial charge in [0.2, 0.25) is 0 Å². The third-order valence-corrected chi connectivity index (χ3v) is 3.25. The van der Waals surface area contributed by atoms with Crippen LogP contribution in [0.4, 0.5) is 0 Å². The highest BCUT2D eigenvalue weighted by Crippen LogP contribution is 2.22. The first-order valence-corrected chi connectivity index (χ1v) is 5.68. The van der Waals surface area contributed by atoms with Gasteiger partial charge in [0, 0.05) is 10.9 Å². The molecule has 0 atom stereocenters. The Morgan fingerprint density at radius 1 is 1.20 bits per heavy atom. The highest BCUT2D eigenvalue weighted by Gasteiger charge is 2.17. The van der Waals surface area contributed by atoms with Gasteiger partial charge in [-0.2, -0.15) is 11.3 Å². The Bertz CT molecular complexity index is 505. The second-order valence-electron chi connectivity index (χ2n) is 3.62. The predicted octanol–water partition coefficient (Wildman–Crippen LogP) is 3.50. The Labute approximate surface area is 92.5 Å². The van der Waals surface area contributed by atoms with Gasteiger partial charge in [-0.25, -0.2) is 0 Å². The lowest BCUT2D eigenvalue weighted by molar-refractivity contribution is 0.103. The monoisotopic (exact) mass is 220 g/mol. The Balaban J connectivity index is 2.45. The molecule has 3 heteroatoms. The van der Waals surface area contributed by atoms with Gasteiger partial charge in [0.05, 0.1) is 5.56 Å². The van der Waals surface area contributed by atoms with Crippen molar-refractivity contribution in [3.8, 4) is 0 Å². The fourth-order valence-corrected chi connectivity index (χ4v) is 2.42. The molecule has 0 amide bonds. The first-order chi connectivity index (χ1) is 7.09. The van der Waals surface area contributed by atoms with Crippen LogP contribution >= 0.6 is 11.3 Å². The van der Waals surface area contributed by atoms with E-state index in [4.69, 9.17) is 4.42 Å². The molecule has 0 saturated heterocycles. The van der Waals surface area contributed by atoms with E-state index in [1.54, 1.807) is 17.4 Å². The molecule has 0 unspecified atom stereocenters. The van der Waals surface area contributed by atoms with Crippen LogP contribution < -0.4 is 0 Å². The summed E-state index contributed by atoms with van der Waals surface area (Å²) in [6, 6.07) is 1.80. The third-order valence-electron chi connectivity index (χ3n) is 2.39. The molecular weight excluding hydrogens is 208 g/mol. The van der Waals surface area contributed by atoms with Gasteiger partial charge in [0.1, 0.15) is 11.5 Å². The highest BCUT2D eigenvalue weighted by molar-refractivity contribution is 7.08. The minimum absolute atomic E-state index is 0.0584. The van der Waals surface area contributed by atoms with Gasteiger partial charge < -0.3 is 4.42 Å². The number of ketones is 1. The summed E-state index contributed by atoms with van der Waals surface area (Å²) in [5.74, 6) is 1.54. The van der Waals surface area contributed by atoms with E-state index in [2.05, 4.69) is 0 Å². The molecule has 2 heterocycles. The van der Waals surface area contributed by atoms with Gasteiger partial charge in [0.15, 0.2) is 5.78 Å². The molecule has 0 spiro atoms. The van der Waals surface area contributed by atoms with Crippen molar-refractivity contribution >= 4 is 17.1 Å². The lowest BCUT2D eigenvalue weighted by Gasteiger charge is -1.97. The molecule has 0 bridgehead atoms.